The van der Waals surface area contributed by atoms with Crippen LogP contribution in [0.4, 0.5) is 24.8 Å². The maximum atomic E-state index is 13.2. The van der Waals surface area contributed by atoms with Gasteiger partial charge in [-0.3, -0.25) is 4.79 Å². The number of nitrogens with zero attached hydrogens (tertiary/aromatic N) is 5. The summed E-state index contributed by atoms with van der Waals surface area (Å²) in [5.74, 6) is -0.476. The number of nitrogens with one attached hydrogen (secondary N) is 1. The van der Waals surface area contributed by atoms with Crippen molar-refractivity contribution in [1.82, 2.24) is 19.9 Å². The van der Waals surface area contributed by atoms with Gasteiger partial charge >= 0.3 is 12.1 Å². The van der Waals surface area contributed by atoms with Crippen LogP contribution in [0.2, 0.25) is 0 Å². The molecular weight excluding hydrogens is 477 g/mol. The highest BCUT2D eigenvalue weighted by atomic mass is 19.4. The van der Waals surface area contributed by atoms with E-state index >= 15 is 0 Å². The maximum Gasteiger partial charge on any atom is 0.490 e. The number of amides is 1. The average molecular weight is 509 g/mol. The van der Waals surface area contributed by atoms with Crippen LogP contribution in [0.1, 0.15) is 48.3 Å². The molecule has 2 aromatic rings. The summed E-state index contributed by atoms with van der Waals surface area (Å²) in [6.07, 6.45) is 2.16. The third-order valence-corrected chi connectivity index (χ3v) is 5.89. The summed E-state index contributed by atoms with van der Waals surface area (Å²) in [6.45, 7) is 8.55. The number of anilines is 2. The lowest BCUT2D eigenvalue weighted by molar-refractivity contribution is -0.192. The van der Waals surface area contributed by atoms with E-state index in [1.54, 1.807) is 12.5 Å². The Kier molecular flexibility index (Phi) is 9.05. The molecular formula is C24H31F3N6O3. The number of pyridine rings is 1. The lowest BCUT2D eigenvalue weighted by Gasteiger charge is -2.20. The zero-order valence-corrected chi connectivity index (χ0v) is 20.4. The second-order valence-corrected chi connectivity index (χ2v) is 9.12. The Bertz CT molecular complexity index is 1040. The summed E-state index contributed by atoms with van der Waals surface area (Å²) in [4.78, 5) is 39.7. The van der Waals surface area contributed by atoms with Crippen molar-refractivity contribution in [2.75, 3.05) is 42.9 Å². The first kappa shape index (κ1) is 27.2. The standard InChI is InChI=1S/C22H30N6O.C2HF3O2/c1-16(2)14-24-21-18(22(29)28-9-3-4-10-28)13-17-6-11-27(12-7-19(17)26-21)20-5-8-23-15-25-20;3-2(4,5)1(6)7/h5,8,13,15-16H,3-4,6-7,9-12,14H2,1-2H3,(H,24,26);(H,6,7). The molecule has 0 saturated carbocycles. The van der Waals surface area contributed by atoms with Crippen LogP contribution >= 0.6 is 0 Å². The topological polar surface area (TPSA) is 112 Å². The molecule has 12 heteroatoms. The highest BCUT2D eigenvalue weighted by Crippen LogP contribution is 2.25. The molecule has 1 fully saturated rings. The van der Waals surface area contributed by atoms with E-state index in [-0.39, 0.29) is 5.91 Å². The summed E-state index contributed by atoms with van der Waals surface area (Å²) < 4.78 is 31.7. The Morgan fingerprint density at radius 1 is 1.14 bits per heavy atom. The van der Waals surface area contributed by atoms with E-state index in [0.717, 1.165) is 81.3 Å². The first-order valence-corrected chi connectivity index (χ1v) is 11.9. The Morgan fingerprint density at radius 3 is 2.39 bits per heavy atom. The monoisotopic (exact) mass is 508 g/mol. The number of hydrogen-bond acceptors (Lipinski definition) is 7. The van der Waals surface area contributed by atoms with Crippen molar-refractivity contribution < 1.29 is 27.9 Å². The summed E-state index contributed by atoms with van der Waals surface area (Å²) >= 11 is 0. The quantitative estimate of drug-likeness (QED) is 0.632. The van der Waals surface area contributed by atoms with Gasteiger partial charge in [-0.25, -0.2) is 19.7 Å². The molecule has 4 heterocycles. The van der Waals surface area contributed by atoms with Gasteiger partial charge in [0.1, 0.15) is 18.0 Å². The van der Waals surface area contributed by atoms with Crippen LogP contribution in [0.3, 0.4) is 0 Å². The predicted molar refractivity (Wildman–Crippen MR) is 128 cm³/mol. The van der Waals surface area contributed by atoms with E-state index in [0.29, 0.717) is 5.92 Å². The lowest BCUT2D eigenvalue weighted by Crippen LogP contribution is -2.29. The first-order chi connectivity index (χ1) is 17.1. The minimum Gasteiger partial charge on any atom is -0.475 e. The van der Waals surface area contributed by atoms with Crippen molar-refractivity contribution in [2.24, 2.45) is 5.92 Å². The molecule has 0 spiro atoms. The summed E-state index contributed by atoms with van der Waals surface area (Å²) in [5.41, 5.74) is 2.99. The Balaban J connectivity index is 0.000000454. The number of carbonyl (C=O) groups excluding carboxylic acids is 1. The summed E-state index contributed by atoms with van der Waals surface area (Å²) in [7, 11) is 0. The van der Waals surface area contributed by atoms with Crippen LogP contribution < -0.4 is 10.2 Å². The van der Waals surface area contributed by atoms with Crippen LogP contribution in [0.15, 0.2) is 24.7 Å². The third kappa shape index (κ3) is 7.28. The van der Waals surface area contributed by atoms with Crippen molar-refractivity contribution in [3.05, 3.63) is 41.5 Å². The SMILES string of the molecule is CC(C)CNc1nc2c(cc1C(=O)N1CCCC1)CCN(c1ccncn1)CC2.O=C(O)C(F)(F)F. The fourth-order valence-electron chi connectivity index (χ4n) is 4.02. The van der Waals surface area contributed by atoms with Crippen molar-refractivity contribution in [1.29, 1.82) is 0 Å². The van der Waals surface area contributed by atoms with Crippen LogP contribution in [0.25, 0.3) is 0 Å². The molecule has 0 unspecified atom stereocenters. The van der Waals surface area contributed by atoms with Crippen molar-refractivity contribution in [3.63, 3.8) is 0 Å². The van der Waals surface area contributed by atoms with Gasteiger partial charge < -0.3 is 20.2 Å². The fraction of sp³-hybridized carbons (Fsp3) is 0.542. The number of halogens is 3. The average Bonchev–Trinajstić information content (AvgIpc) is 3.30. The molecule has 2 aromatic heterocycles. The molecule has 2 aliphatic heterocycles. The van der Waals surface area contributed by atoms with Crippen molar-refractivity contribution in [3.8, 4) is 0 Å². The zero-order valence-electron chi connectivity index (χ0n) is 20.4. The summed E-state index contributed by atoms with van der Waals surface area (Å²) in [5, 5.41) is 10.6. The number of carboxylic acids is 1. The second-order valence-electron chi connectivity index (χ2n) is 9.12. The largest absolute Gasteiger partial charge is 0.490 e. The molecule has 0 atom stereocenters. The normalized spacial score (nSPS) is 15.6. The van der Waals surface area contributed by atoms with Gasteiger partial charge in [-0.05, 0) is 42.9 Å². The highest BCUT2D eigenvalue weighted by Gasteiger charge is 2.38. The van der Waals surface area contributed by atoms with Gasteiger partial charge in [0.2, 0.25) is 0 Å². The van der Waals surface area contributed by atoms with Gasteiger partial charge in [0, 0.05) is 51.0 Å². The van der Waals surface area contributed by atoms with Gasteiger partial charge in [-0.1, -0.05) is 13.8 Å². The third-order valence-electron chi connectivity index (χ3n) is 5.89. The summed E-state index contributed by atoms with van der Waals surface area (Å²) in [6, 6.07) is 4.04. The lowest BCUT2D eigenvalue weighted by atomic mass is 10.0. The van der Waals surface area contributed by atoms with E-state index < -0.39 is 12.1 Å². The van der Waals surface area contributed by atoms with Gasteiger partial charge in [0.15, 0.2) is 0 Å². The van der Waals surface area contributed by atoms with Gasteiger partial charge in [-0.15, -0.1) is 0 Å². The number of likely N-dealkylation sites (tertiary alicyclic amines) is 1. The number of rotatable bonds is 5. The van der Waals surface area contributed by atoms with Crippen LogP contribution in [0.5, 0.6) is 0 Å². The molecule has 9 nitrogen and oxygen atoms in total. The molecule has 2 aliphatic rings. The zero-order chi connectivity index (χ0) is 26.3. The van der Waals surface area contributed by atoms with Crippen molar-refractivity contribution in [2.45, 2.75) is 45.7 Å². The molecule has 0 bridgehead atoms. The van der Waals surface area contributed by atoms with Crippen molar-refractivity contribution >= 4 is 23.5 Å². The molecule has 196 valence electrons. The molecule has 0 aliphatic carbocycles. The second kappa shape index (κ2) is 12.0. The number of hydrogen-bond donors (Lipinski definition) is 2. The van der Waals surface area contributed by atoms with E-state index in [2.05, 4.69) is 40.1 Å². The van der Waals surface area contributed by atoms with Gasteiger partial charge in [0.25, 0.3) is 5.91 Å². The van der Waals surface area contributed by atoms with Crippen LogP contribution in [0, 0.1) is 5.92 Å². The Hall–Kier alpha value is -3.44. The number of aromatic nitrogens is 3. The van der Waals surface area contributed by atoms with E-state index in [4.69, 9.17) is 14.9 Å². The first-order valence-electron chi connectivity index (χ1n) is 11.9. The van der Waals surface area contributed by atoms with Gasteiger partial charge in [-0.2, -0.15) is 13.2 Å². The van der Waals surface area contributed by atoms with E-state index in [1.165, 1.54) is 5.56 Å². The number of alkyl halides is 3. The van der Waals surface area contributed by atoms with Crippen LogP contribution in [-0.2, 0) is 17.6 Å². The van der Waals surface area contributed by atoms with Crippen LogP contribution in [-0.4, -0.2) is 75.7 Å². The number of fused-ring (bicyclic) bond motifs is 1. The smallest absolute Gasteiger partial charge is 0.475 e. The Labute approximate surface area is 207 Å². The molecule has 4 rings (SSSR count). The minimum atomic E-state index is -5.08. The van der Waals surface area contributed by atoms with E-state index in [1.807, 2.05) is 11.0 Å². The number of aliphatic carboxylic acids is 1. The minimum absolute atomic E-state index is 0.112. The van der Waals surface area contributed by atoms with E-state index in [9.17, 15) is 18.0 Å². The number of carbonyl (C=O) groups is 2. The maximum absolute atomic E-state index is 13.2. The highest BCUT2D eigenvalue weighted by molar-refractivity contribution is 5.99. The Morgan fingerprint density at radius 2 is 1.81 bits per heavy atom. The fourth-order valence-corrected chi connectivity index (χ4v) is 4.02. The molecule has 1 amide bonds. The molecule has 0 radical (unpaired) electrons. The molecule has 36 heavy (non-hydrogen) atoms. The molecule has 2 N–H and O–H groups in total. The predicted octanol–water partition coefficient (Wildman–Crippen LogP) is 3.41. The molecule has 0 aromatic carbocycles. The van der Waals surface area contributed by atoms with Gasteiger partial charge in [0.05, 0.1) is 5.56 Å². The number of carboxylic acid groups (broad SMARTS) is 1. The molecule has 1 saturated heterocycles.